The number of aromatic hydroxyl groups is 2. The molecular formula is C42H33NO9. The Morgan fingerprint density at radius 1 is 0.827 bits per heavy atom. The number of ether oxygens (including phenoxy) is 1. The number of hydrogen-bond donors (Lipinski definition) is 3. The summed E-state index contributed by atoms with van der Waals surface area (Å²) in [6, 6.07) is 26.3. The molecule has 1 aliphatic heterocycles. The Hall–Kier alpha value is -6.29. The maximum atomic E-state index is 15.2. The minimum Gasteiger partial charge on any atom is -0.508 e. The van der Waals surface area contributed by atoms with Gasteiger partial charge in [0, 0.05) is 29.0 Å². The maximum absolute atomic E-state index is 15.2. The smallest absolute Gasteiger partial charge is 0.339 e. The first-order valence-electron chi connectivity index (χ1n) is 17.0. The highest BCUT2D eigenvalue weighted by atomic mass is 16.5. The molecule has 3 aliphatic carbocycles. The zero-order valence-corrected chi connectivity index (χ0v) is 27.9. The summed E-state index contributed by atoms with van der Waals surface area (Å²) in [5.41, 5.74) is 0.430. The number of imide groups is 1. The lowest BCUT2D eigenvalue weighted by atomic mass is 9.44. The SMILES string of the molecule is COc1cccc(O)c1[C@H]1C2=CC[C@@H]3C(=O)N(c4ccc(C(=O)O)c(O)c4)C(=O)[C@@H]3[C@@H]2C[C@H]2C(=O)C(c3ccccc3)=CC(=O)[C@@]12c1ccccc1. The number of carbonyl (C=O) groups excluding carboxylic acids is 4. The molecule has 0 bridgehead atoms. The number of allylic oxidation sites excluding steroid dienone is 4. The van der Waals surface area contributed by atoms with Crippen LogP contribution in [0.2, 0.25) is 0 Å². The number of phenolic OH excluding ortho intramolecular Hbond substituents is 1. The number of anilines is 1. The van der Waals surface area contributed by atoms with Crippen LogP contribution >= 0.6 is 0 Å². The average molecular weight is 696 g/mol. The van der Waals surface area contributed by atoms with Crippen LogP contribution in [0.15, 0.2) is 115 Å². The lowest BCUT2D eigenvalue weighted by Gasteiger charge is -2.55. The summed E-state index contributed by atoms with van der Waals surface area (Å²) < 4.78 is 5.82. The number of ketones is 2. The minimum atomic E-state index is -1.55. The van der Waals surface area contributed by atoms with Crippen LogP contribution in [0.25, 0.3) is 5.57 Å². The van der Waals surface area contributed by atoms with Crippen LogP contribution in [0, 0.1) is 23.7 Å². The number of carboxylic acids is 1. The van der Waals surface area contributed by atoms with E-state index < -0.39 is 58.5 Å². The van der Waals surface area contributed by atoms with Crippen LogP contribution in [-0.4, -0.2) is 51.8 Å². The first kappa shape index (κ1) is 32.9. The third-order valence-corrected chi connectivity index (χ3v) is 11.4. The molecule has 0 aromatic heterocycles. The van der Waals surface area contributed by atoms with Crippen molar-refractivity contribution in [2.45, 2.75) is 24.2 Å². The van der Waals surface area contributed by atoms with E-state index in [4.69, 9.17) is 4.74 Å². The Bertz CT molecular complexity index is 2260. The molecule has 6 atom stereocenters. The van der Waals surface area contributed by atoms with E-state index in [1.165, 1.54) is 25.3 Å². The Morgan fingerprint density at radius 2 is 1.54 bits per heavy atom. The van der Waals surface area contributed by atoms with Crippen molar-refractivity contribution in [2.75, 3.05) is 12.0 Å². The number of phenols is 2. The minimum absolute atomic E-state index is 0.0278. The van der Waals surface area contributed by atoms with Gasteiger partial charge in [-0.3, -0.25) is 19.2 Å². The third kappa shape index (κ3) is 4.60. The number of Topliss-reactive ketones (excluding diaryl/α,β-unsaturated/α-hetero) is 1. The molecule has 1 saturated carbocycles. The molecular weight excluding hydrogens is 662 g/mol. The summed E-state index contributed by atoms with van der Waals surface area (Å²) in [5, 5.41) is 31.5. The number of aromatic carboxylic acids is 1. The van der Waals surface area contributed by atoms with Crippen molar-refractivity contribution in [3.63, 3.8) is 0 Å². The van der Waals surface area contributed by atoms with E-state index >= 15 is 9.59 Å². The lowest BCUT2D eigenvalue weighted by Crippen LogP contribution is -2.58. The molecule has 8 rings (SSSR count). The largest absolute Gasteiger partial charge is 0.508 e. The Balaban J connectivity index is 1.36. The summed E-state index contributed by atoms with van der Waals surface area (Å²) in [6.07, 6.45) is 3.47. The molecule has 0 spiro atoms. The highest BCUT2D eigenvalue weighted by molar-refractivity contribution is 6.32. The van der Waals surface area contributed by atoms with Crippen molar-refractivity contribution >= 4 is 40.6 Å². The molecule has 4 aliphatic rings. The van der Waals surface area contributed by atoms with Crippen molar-refractivity contribution < 1.29 is 44.0 Å². The zero-order valence-electron chi connectivity index (χ0n) is 27.9. The number of methoxy groups -OCH3 is 1. The van der Waals surface area contributed by atoms with Crippen molar-refractivity contribution in [1.82, 2.24) is 0 Å². The standard InChI is InChI=1S/C42H33NO9/c1-52-33-14-8-13-31(44)36(33)37-25-17-18-27-35(40(49)43(39(27)48)24-15-16-26(41(50)51)32(45)19-24)29(25)20-30-38(47)28(22-9-4-2-5-10-22)21-34(46)42(30,37)23-11-6-3-7-12-23/h2-17,19,21,27,29-30,35,37,44-45H,18,20H2,1H3,(H,50,51)/t27-,29+,30-,35-,37+,42-/m0/s1. The number of amides is 2. The fraction of sp³-hybridized carbons (Fsp3) is 0.214. The first-order valence-corrected chi connectivity index (χ1v) is 17.0. The van der Waals surface area contributed by atoms with Gasteiger partial charge in [-0.25, -0.2) is 9.69 Å². The fourth-order valence-corrected chi connectivity index (χ4v) is 9.28. The molecule has 1 heterocycles. The second-order valence-electron chi connectivity index (χ2n) is 13.7. The van der Waals surface area contributed by atoms with Gasteiger partial charge in [-0.2, -0.15) is 0 Å². The number of nitrogens with zero attached hydrogens (tertiary/aromatic N) is 1. The van der Waals surface area contributed by atoms with Gasteiger partial charge < -0.3 is 20.1 Å². The number of carboxylic acid groups (broad SMARTS) is 1. The molecule has 4 aromatic rings. The van der Waals surface area contributed by atoms with E-state index in [2.05, 4.69) is 0 Å². The fourth-order valence-electron chi connectivity index (χ4n) is 9.28. The summed E-state index contributed by atoms with van der Waals surface area (Å²) >= 11 is 0. The van der Waals surface area contributed by atoms with Gasteiger partial charge in [0.15, 0.2) is 11.6 Å². The van der Waals surface area contributed by atoms with Crippen molar-refractivity contribution in [1.29, 1.82) is 0 Å². The van der Waals surface area contributed by atoms with Crippen molar-refractivity contribution in [3.05, 3.63) is 137 Å². The highest BCUT2D eigenvalue weighted by Crippen LogP contribution is 2.65. The summed E-state index contributed by atoms with van der Waals surface area (Å²) in [7, 11) is 1.46. The number of carbonyl (C=O) groups is 5. The van der Waals surface area contributed by atoms with E-state index in [0.29, 0.717) is 28.0 Å². The average Bonchev–Trinajstić information content (AvgIpc) is 3.41. The second kappa shape index (κ2) is 12.2. The number of rotatable bonds is 6. The van der Waals surface area contributed by atoms with E-state index in [-0.39, 0.29) is 47.0 Å². The second-order valence-corrected chi connectivity index (χ2v) is 13.7. The Morgan fingerprint density at radius 3 is 2.21 bits per heavy atom. The molecule has 52 heavy (non-hydrogen) atoms. The van der Waals surface area contributed by atoms with Crippen LogP contribution in [0.3, 0.4) is 0 Å². The molecule has 2 fully saturated rings. The Kier molecular flexibility index (Phi) is 7.71. The molecule has 10 nitrogen and oxygen atoms in total. The summed E-state index contributed by atoms with van der Waals surface area (Å²) in [6.45, 7) is 0. The third-order valence-electron chi connectivity index (χ3n) is 11.4. The quantitative estimate of drug-likeness (QED) is 0.167. The molecule has 4 aromatic carbocycles. The molecule has 2 amide bonds. The molecule has 0 unspecified atom stereocenters. The number of benzene rings is 4. The topological polar surface area (TPSA) is 159 Å². The molecule has 10 heteroatoms. The van der Waals surface area contributed by atoms with Gasteiger partial charge in [0.2, 0.25) is 11.8 Å². The van der Waals surface area contributed by atoms with Gasteiger partial charge in [-0.05, 0) is 60.2 Å². The lowest BCUT2D eigenvalue weighted by molar-refractivity contribution is -0.135. The van der Waals surface area contributed by atoms with Crippen LogP contribution < -0.4 is 9.64 Å². The van der Waals surface area contributed by atoms with Gasteiger partial charge in [0.25, 0.3) is 0 Å². The predicted octanol–water partition coefficient (Wildman–Crippen LogP) is 5.83. The van der Waals surface area contributed by atoms with Crippen molar-refractivity contribution in [3.8, 4) is 17.2 Å². The molecule has 0 radical (unpaired) electrons. The first-order chi connectivity index (χ1) is 25.1. The molecule has 260 valence electrons. The van der Waals surface area contributed by atoms with Gasteiger partial charge >= 0.3 is 5.97 Å². The summed E-state index contributed by atoms with van der Waals surface area (Å²) in [4.78, 5) is 71.4. The van der Waals surface area contributed by atoms with E-state index in [1.807, 2.05) is 30.3 Å². The summed E-state index contributed by atoms with van der Waals surface area (Å²) in [5.74, 6) is -7.99. The Labute approximate surface area is 298 Å². The molecule has 1 saturated heterocycles. The number of hydrogen-bond acceptors (Lipinski definition) is 8. The maximum Gasteiger partial charge on any atom is 0.339 e. The highest BCUT2D eigenvalue weighted by Gasteiger charge is 2.66. The van der Waals surface area contributed by atoms with Gasteiger partial charge in [0.1, 0.15) is 22.8 Å². The van der Waals surface area contributed by atoms with E-state index in [0.717, 1.165) is 17.0 Å². The van der Waals surface area contributed by atoms with Gasteiger partial charge in [-0.1, -0.05) is 78.4 Å². The number of fused-ring (bicyclic) bond motifs is 4. The zero-order chi connectivity index (χ0) is 36.5. The van der Waals surface area contributed by atoms with Crippen molar-refractivity contribution in [2.24, 2.45) is 23.7 Å². The van der Waals surface area contributed by atoms with Gasteiger partial charge in [-0.15, -0.1) is 0 Å². The van der Waals surface area contributed by atoms with Gasteiger partial charge in [0.05, 0.1) is 30.0 Å². The van der Waals surface area contributed by atoms with E-state index in [9.17, 15) is 29.7 Å². The monoisotopic (exact) mass is 695 g/mol. The van der Waals surface area contributed by atoms with Crippen LogP contribution in [0.5, 0.6) is 17.2 Å². The van der Waals surface area contributed by atoms with E-state index in [1.54, 1.807) is 48.5 Å². The van der Waals surface area contributed by atoms with Crippen LogP contribution in [0.4, 0.5) is 5.69 Å². The predicted molar refractivity (Wildman–Crippen MR) is 189 cm³/mol. The van der Waals surface area contributed by atoms with Crippen LogP contribution in [-0.2, 0) is 24.6 Å². The van der Waals surface area contributed by atoms with Crippen LogP contribution in [0.1, 0.15) is 45.8 Å². The normalized spacial score (nSPS) is 26.6. The molecule has 3 N–H and O–H groups in total.